The molecule has 1 heterocycles. The van der Waals surface area contributed by atoms with E-state index in [4.69, 9.17) is 27.3 Å². The van der Waals surface area contributed by atoms with Gasteiger partial charge in [0.1, 0.15) is 18.1 Å². The Morgan fingerprint density at radius 3 is 2.71 bits per heavy atom. The number of ether oxygens (including phenoxy) is 1. The number of nitrogens with two attached hydrogens (primary N) is 1. The van der Waals surface area contributed by atoms with Crippen molar-refractivity contribution in [2.45, 2.75) is 37.8 Å². The van der Waals surface area contributed by atoms with Gasteiger partial charge in [0.05, 0.1) is 22.7 Å². The average molecular weight is 346 g/mol. The van der Waals surface area contributed by atoms with Crippen LogP contribution in [0.15, 0.2) is 24.5 Å². The Bertz CT molecular complexity index is 790. The van der Waals surface area contributed by atoms with Crippen LogP contribution < -0.4 is 10.5 Å². The van der Waals surface area contributed by atoms with E-state index < -0.39 is 5.91 Å². The third kappa shape index (κ3) is 3.49. The Morgan fingerprint density at radius 2 is 2.12 bits per heavy atom. The highest BCUT2D eigenvalue weighted by atomic mass is 35.5. The van der Waals surface area contributed by atoms with Gasteiger partial charge in [0.15, 0.2) is 0 Å². The number of carbonyl (C=O) groups is 1. The van der Waals surface area contributed by atoms with Crippen LogP contribution in [-0.2, 0) is 0 Å². The molecule has 1 aliphatic carbocycles. The predicted molar refractivity (Wildman–Crippen MR) is 86.6 cm³/mol. The van der Waals surface area contributed by atoms with Crippen LogP contribution in [0.25, 0.3) is 0 Å². The molecule has 7 nitrogen and oxygen atoms in total. The van der Waals surface area contributed by atoms with Gasteiger partial charge in [-0.2, -0.15) is 5.26 Å². The van der Waals surface area contributed by atoms with Crippen LogP contribution in [0.2, 0.25) is 5.02 Å². The Hall–Kier alpha value is -2.59. The molecule has 0 spiro atoms. The van der Waals surface area contributed by atoms with E-state index in [9.17, 15) is 4.79 Å². The average Bonchev–Trinajstić information content (AvgIpc) is 3.06. The lowest BCUT2D eigenvalue weighted by atomic mass is 9.93. The van der Waals surface area contributed by atoms with E-state index in [0.717, 1.165) is 25.7 Å². The summed E-state index contributed by atoms with van der Waals surface area (Å²) in [6, 6.07) is 7.30. The van der Waals surface area contributed by atoms with Crippen LogP contribution in [0.5, 0.6) is 5.75 Å². The lowest BCUT2D eigenvalue weighted by molar-refractivity contribution is 0.0988. The molecule has 1 saturated carbocycles. The molecule has 1 amide bonds. The van der Waals surface area contributed by atoms with Crippen LogP contribution in [-0.4, -0.2) is 26.8 Å². The smallest absolute Gasteiger partial charge is 0.288 e. The third-order valence-electron chi connectivity index (χ3n) is 4.11. The highest BCUT2D eigenvalue weighted by molar-refractivity contribution is 6.31. The zero-order valence-corrected chi connectivity index (χ0v) is 13.6. The normalized spacial score (nSPS) is 20.3. The number of primary amides is 1. The minimum Gasteiger partial charge on any atom is -0.490 e. The Morgan fingerprint density at radius 1 is 1.38 bits per heavy atom. The van der Waals surface area contributed by atoms with Crippen LogP contribution in [0.3, 0.4) is 0 Å². The van der Waals surface area contributed by atoms with Crippen molar-refractivity contribution in [3.63, 3.8) is 0 Å². The minimum absolute atomic E-state index is 0.0422. The van der Waals surface area contributed by atoms with E-state index in [2.05, 4.69) is 10.1 Å². The fourth-order valence-electron chi connectivity index (χ4n) is 2.84. The molecule has 0 radical (unpaired) electrons. The summed E-state index contributed by atoms with van der Waals surface area (Å²) in [5.41, 5.74) is 5.60. The predicted octanol–water partition coefficient (Wildman–Crippen LogP) is 2.46. The summed E-state index contributed by atoms with van der Waals surface area (Å²) in [4.78, 5) is 15.0. The van der Waals surface area contributed by atoms with Crippen molar-refractivity contribution >= 4 is 17.5 Å². The van der Waals surface area contributed by atoms with Crippen LogP contribution >= 0.6 is 11.6 Å². The number of benzene rings is 1. The van der Waals surface area contributed by atoms with Crippen LogP contribution in [0.1, 0.15) is 47.9 Å². The maximum absolute atomic E-state index is 11.1. The van der Waals surface area contributed by atoms with Crippen molar-refractivity contribution in [3.8, 4) is 11.8 Å². The molecule has 124 valence electrons. The van der Waals surface area contributed by atoms with Gasteiger partial charge >= 0.3 is 0 Å². The van der Waals surface area contributed by atoms with Gasteiger partial charge in [-0.05, 0) is 37.8 Å². The van der Waals surface area contributed by atoms with Crippen molar-refractivity contribution in [3.05, 3.63) is 40.9 Å². The molecule has 0 unspecified atom stereocenters. The molecule has 2 N–H and O–H groups in total. The number of hydrogen-bond donors (Lipinski definition) is 1. The molecular weight excluding hydrogens is 330 g/mol. The molecule has 1 aromatic heterocycles. The van der Waals surface area contributed by atoms with Crippen molar-refractivity contribution in [1.29, 1.82) is 5.26 Å². The molecular formula is C16H16ClN5O2. The van der Waals surface area contributed by atoms with Gasteiger partial charge in [0.25, 0.3) is 5.91 Å². The maximum atomic E-state index is 11.1. The monoisotopic (exact) mass is 345 g/mol. The summed E-state index contributed by atoms with van der Waals surface area (Å²) >= 11 is 6.02. The summed E-state index contributed by atoms with van der Waals surface area (Å²) in [7, 11) is 0. The number of nitrogens with zero attached hydrogens (tertiary/aromatic N) is 4. The number of rotatable bonds is 4. The highest BCUT2D eigenvalue weighted by Crippen LogP contribution is 2.31. The van der Waals surface area contributed by atoms with Crippen molar-refractivity contribution in [2.75, 3.05) is 0 Å². The topological polar surface area (TPSA) is 107 Å². The lowest BCUT2D eigenvalue weighted by Gasteiger charge is -2.28. The van der Waals surface area contributed by atoms with E-state index in [1.807, 2.05) is 6.07 Å². The van der Waals surface area contributed by atoms with Gasteiger partial charge in [-0.25, -0.2) is 9.67 Å². The fraction of sp³-hybridized carbons (Fsp3) is 0.375. The first-order valence-corrected chi connectivity index (χ1v) is 8.02. The van der Waals surface area contributed by atoms with E-state index in [1.54, 1.807) is 29.2 Å². The van der Waals surface area contributed by atoms with E-state index in [-0.39, 0.29) is 18.0 Å². The number of aromatic nitrogens is 3. The first-order valence-electron chi connectivity index (χ1n) is 7.64. The van der Waals surface area contributed by atoms with Crippen molar-refractivity contribution < 1.29 is 9.53 Å². The van der Waals surface area contributed by atoms with Gasteiger partial charge in [0, 0.05) is 6.07 Å². The van der Waals surface area contributed by atoms with Gasteiger partial charge in [0.2, 0.25) is 5.82 Å². The molecule has 0 bridgehead atoms. The summed E-state index contributed by atoms with van der Waals surface area (Å²) in [6.07, 6.45) is 5.09. The van der Waals surface area contributed by atoms with E-state index in [1.165, 1.54) is 0 Å². The maximum Gasteiger partial charge on any atom is 0.288 e. The molecule has 0 saturated heterocycles. The van der Waals surface area contributed by atoms with Crippen molar-refractivity contribution in [2.24, 2.45) is 5.73 Å². The first-order chi connectivity index (χ1) is 11.6. The SMILES string of the molecule is N#Cc1ccc(OC2CCC(n3cnc(C(N)=O)n3)CC2)cc1Cl. The van der Waals surface area contributed by atoms with Gasteiger partial charge < -0.3 is 10.5 Å². The third-order valence-corrected chi connectivity index (χ3v) is 4.42. The minimum atomic E-state index is -0.622. The molecule has 2 aromatic rings. The second kappa shape index (κ2) is 6.89. The summed E-state index contributed by atoms with van der Waals surface area (Å²) in [5.74, 6) is 0.0864. The number of amides is 1. The number of hydrogen-bond acceptors (Lipinski definition) is 5. The fourth-order valence-corrected chi connectivity index (χ4v) is 3.06. The van der Waals surface area contributed by atoms with E-state index in [0.29, 0.717) is 16.3 Å². The van der Waals surface area contributed by atoms with Crippen molar-refractivity contribution in [1.82, 2.24) is 14.8 Å². The summed E-state index contributed by atoms with van der Waals surface area (Å²) in [6.45, 7) is 0. The number of nitriles is 1. The molecule has 1 fully saturated rings. The Kier molecular flexibility index (Phi) is 4.67. The van der Waals surface area contributed by atoms with E-state index >= 15 is 0 Å². The Balaban J connectivity index is 1.58. The second-order valence-corrected chi connectivity index (χ2v) is 6.12. The lowest BCUT2D eigenvalue weighted by Crippen LogP contribution is -2.26. The summed E-state index contributed by atoms with van der Waals surface area (Å²) < 4.78 is 7.65. The largest absolute Gasteiger partial charge is 0.490 e. The molecule has 0 atom stereocenters. The number of halogens is 1. The van der Waals surface area contributed by atoms with Gasteiger partial charge in [-0.1, -0.05) is 11.6 Å². The molecule has 1 aromatic carbocycles. The molecule has 0 aliphatic heterocycles. The van der Waals surface area contributed by atoms with Gasteiger partial charge in [-0.3, -0.25) is 4.79 Å². The second-order valence-electron chi connectivity index (χ2n) is 5.71. The highest BCUT2D eigenvalue weighted by Gasteiger charge is 2.25. The first kappa shape index (κ1) is 16.3. The molecule has 1 aliphatic rings. The number of carbonyl (C=O) groups excluding carboxylic acids is 1. The standard InChI is InChI=1S/C16H16ClN5O2/c17-14-7-13(4-1-10(14)8-18)24-12-5-2-11(3-6-12)22-9-20-16(21-22)15(19)23/h1,4,7,9,11-12H,2-3,5-6H2,(H2,19,23). The van der Waals surface area contributed by atoms with Crippen LogP contribution in [0.4, 0.5) is 0 Å². The quantitative estimate of drug-likeness (QED) is 0.915. The van der Waals surface area contributed by atoms with Crippen LogP contribution in [0, 0.1) is 11.3 Å². The molecule has 8 heteroatoms. The molecule has 24 heavy (non-hydrogen) atoms. The Labute approximate surface area is 144 Å². The van der Waals surface area contributed by atoms with Gasteiger partial charge in [-0.15, -0.1) is 5.10 Å². The summed E-state index contributed by atoms with van der Waals surface area (Å²) in [5, 5.41) is 13.4. The zero-order chi connectivity index (χ0) is 17.1. The zero-order valence-electron chi connectivity index (χ0n) is 12.9. The molecule has 3 rings (SSSR count).